The molecule has 1 aromatic carbocycles. The maximum atomic E-state index is 12.2. The molecule has 29 heavy (non-hydrogen) atoms. The molecule has 7 nitrogen and oxygen atoms in total. The molecule has 0 aliphatic heterocycles. The summed E-state index contributed by atoms with van der Waals surface area (Å²) in [5.74, 6) is 0.411. The Bertz CT molecular complexity index is 1120. The van der Waals surface area contributed by atoms with E-state index in [-0.39, 0.29) is 5.97 Å². The highest BCUT2D eigenvalue weighted by molar-refractivity contribution is 7.20. The first-order valence-electron chi connectivity index (χ1n) is 9.34. The van der Waals surface area contributed by atoms with Crippen molar-refractivity contribution in [3.8, 4) is 0 Å². The number of carbonyl (C=O) groups is 1. The van der Waals surface area contributed by atoms with Gasteiger partial charge in [0.15, 0.2) is 0 Å². The highest BCUT2D eigenvalue weighted by atomic mass is 32.1. The van der Waals surface area contributed by atoms with Crippen molar-refractivity contribution >= 4 is 33.3 Å². The Hall–Kier alpha value is -3.26. The molecule has 0 spiro atoms. The normalized spacial score (nSPS) is 11.0. The number of carbonyl (C=O) groups excluding carboxylic acids is 1. The Morgan fingerprint density at radius 2 is 2.00 bits per heavy atom. The average Bonchev–Trinajstić information content (AvgIpc) is 3.36. The minimum absolute atomic E-state index is 0.313. The number of nitrogens with one attached hydrogen (secondary N) is 1. The van der Waals surface area contributed by atoms with Crippen LogP contribution < -0.4 is 5.32 Å². The highest BCUT2D eigenvalue weighted by Gasteiger charge is 2.20. The van der Waals surface area contributed by atoms with Crippen LogP contribution in [0.1, 0.15) is 33.3 Å². The van der Waals surface area contributed by atoms with E-state index in [1.165, 1.54) is 23.2 Å². The van der Waals surface area contributed by atoms with Gasteiger partial charge in [-0.3, -0.25) is 0 Å². The van der Waals surface area contributed by atoms with Crippen LogP contribution in [0.25, 0.3) is 10.2 Å². The monoisotopic (exact) mass is 407 g/mol. The molecule has 3 aromatic heterocycles. The van der Waals surface area contributed by atoms with Crippen LogP contribution >= 0.6 is 11.3 Å². The first-order chi connectivity index (χ1) is 14.2. The summed E-state index contributed by atoms with van der Waals surface area (Å²) in [6, 6.07) is 8.42. The number of fused-ring (bicyclic) bond motifs is 1. The van der Waals surface area contributed by atoms with Crippen molar-refractivity contribution in [3.63, 3.8) is 0 Å². The summed E-state index contributed by atoms with van der Waals surface area (Å²) < 4.78 is 7.19. The van der Waals surface area contributed by atoms with Crippen LogP contribution in [0.15, 0.2) is 49.3 Å². The first kappa shape index (κ1) is 19.1. The fraction of sp³-hybridized carbons (Fsp3) is 0.238. The zero-order valence-electron chi connectivity index (χ0n) is 16.3. The zero-order chi connectivity index (χ0) is 20.2. The summed E-state index contributed by atoms with van der Waals surface area (Å²) >= 11 is 1.34. The van der Waals surface area contributed by atoms with Gasteiger partial charge in [0.1, 0.15) is 21.9 Å². The van der Waals surface area contributed by atoms with Gasteiger partial charge in [0, 0.05) is 25.5 Å². The lowest BCUT2D eigenvalue weighted by Crippen LogP contribution is -2.05. The summed E-state index contributed by atoms with van der Waals surface area (Å²) in [7, 11) is 0. The largest absolute Gasteiger partial charge is 0.462 e. The molecule has 1 N–H and O–H groups in total. The Kier molecular flexibility index (Phi) is 5.53. The number of rotatable bonds is 7. The minimum Gasteiger partial charge on any atom is -0.462 e. The van der Waals surface area contributed by atoms with Gasteiger partial charge < -0.3 is 14.6 Å². The van der Waals surface area contributed by atoms with Crippen LogP contribution in [0.5, 0.6) is 0 Å². The molecule has 8 heteroatoms. The van der Waals surface area contributed by atoms with E-state index in [0.717, 1.165) is 33.7 Å². The quantitative estimate of drug-likeness (QED) is 0.466. The third-order valence-corrected chi connectivity index (χ3v) is 5.77. The maximum Gasteiger partial charge on any atom is 0.348 e. The molecule has 0 atom stereocenters. The van der Waals surface area contributed by atoms with Crippen LogP contribution in [0.4, 0.5) is 5.82 Å². The molecule has 0 aliphatic rings. The van der Waals surface area contributed by atoms with Crippen LogP contribution in [0, 0.1) is 6.92 Å². The lowest BCUT2D eigenvalue weighted by Gasteiger charge is -2.09. The first-order valence-corrected chi connectivity index (χ1v) is 10.2. The van der Waals surface area contributed by atoms with E-state index < -0.39 is 0 Å². The topological polar surface area (TPSA) is 81.9 Å². The molecule has 148 valence electrons. The van der Waals surface area contributed by atoms with Crippen LogP contribution in [-0.2, 0) is 17.8 Å². The predicted molar refractivity (Wildman–Crippen MR) is 113 cm³/mol. The number of hydrogen-bond acceptors (Lipinski definition) is 7. The number of nitrogens with zero attached hydrogens (tertiary/aromatic N) is 4. The minimum atomic E-state index is -0.313. The average molecular weight is 407 g/mol. The van der Waals surface area contributed by atoms with Crippen molar-refractivity contribution in [2.75, 3.05) is 11.9 Å². The number of aryl methyl sites for hydroxylation is 1. The number of ether oxygens (including phenoxy) is 1. The van der Waals surface area contributed by atoms with Gasteiger partial charge in [0.05, 0.1) is 18.3 Å². The zero-order valence-corrected chi connectivity index (χ0v) is 17.1. The second-order valence-corrected chi connectivity index (χ2v) is 7.58. The summed E-state index contributed by atoms with van der Waals surface area (Å²) in [5, 5.41) is 4.25. The lowest BCUT2D eigenvalue weighted by atomic mass is 10.1. The molecule has 0 aliphatic carbocycles. The van der Waals surface area contributed by atoms with E-state index >= 15 is 0 Å². The Balaban J connectivity index is 1.50. The molecule has 0 bridgehead atoms. The van der Waals surface area contributed by atoms with Gasteiger partial charge in [-0.15, -0.1) is 11.3 Å². The molecule has 0 unspecified atom stereocenters. The summed E-state index contributed by atoms with van der Waals surface area (Å²) in [5.41, 5.74) is 3.20. The van der Waals surface area contributed by atoms with Gasteiger partial charge in [-0.1, -0.05) is 24.3 Å². The van der Waals surface area contributed by atoms with Crippen molar-refractivity contribution in [2.45, 2.75) is 26.9 Å². The Morgan fingerprint density at radius 3 is 2.72 bits per heavy atom. The second kappa shape index (κ2) is 8.40. The number of imidazole rings is 1. The molecule has 0 radical (unpaired) electrons. The molecule has 0 fully saturated rings. The Labute approximate surface area is 172 Å². The number of thiophene rings is 1. The van der Waals surface area contributed by atoms with Gasteiger partial charge >= 0.3 is 5.97 Å². The van der Waals surface area contributed by atoms with Gasteiger partial charge in [-0.25, -0.2) is 19.7 Å². The fourth-order valence-electron chi connectivity index (χ4n) is 3.14. The molecule has 4 aromatic rings. The van der Waals surface area contributed by atoms with Crippen molar-refractivity contribution in [1.82, 2.24) is 19.5 Å². The van der Waals surface area contributed by atoms with Gasteiger partial charge in [-0.2, -0.15) is 0 Å². The number of esters is 1. The molecular formula is C21H21N5O2S. The van der Waals surface area contributed by atoms with E-state index in [2.05, 4.69) is 44.5 Å². The molecule has 3 heterocycles. The lowest BCUT2D eigenvalue weighted by molar-refractivity contribution is 0.0531. The number of benzene rings is 1. The standard InChI is InChI=1S/C21H21N5O2S/c1-3-28-21(27)18-14(2)17-19(24-12-25-20(17)29-18)23-10-15-4-6-16(7-5-15)11-26-9-8-22-13-26/h4-9,12-13H,3,10-11H2,1-2H3,(H,23,24,25). The Morgan fingerprint density at radius 1 is 1.21 bits per heavy atom. The molecular weight excluding hydrogens is 386 g/mol. The van der Waals surface area contributed by atoms with E-state index in [9.17, 15) is 4.79 Å². The molecule has 0 saturated heterocycles. The van der Waals surface area contributed by atoms with E-state index in [4.69, 9.17) is 4.74 Å². The molecule has 0 amide bonds. The SMILES string of the molecule is CCOC(=O)c1sc2ncnc(NCc3ccc(Cn4ccnc4)cc3)c2c1C. The van der Waals surface area contributed by atoms with Gasteiger partial charge in [0.2, 0.25) is 0 Å². The smallest absolute Gasteiger partial charge is 0.348 e. The number of anilines is 1. The van der Waals surface area contributed by atoms with Crippen LogP contribution in [0.3, 0.4) is 0 Å². The van der Waals surface area contributed by atoms with Gasteiger partial charge in [0.25, 0.3) is 0 Å². The number of aromatic nitrogens is 4. The van der Waals surface area contributed by atoms with Crippen molar-refractivity contribution in [2.24, 2.45) is 0 Å². The van der Waals surface area contributed by atoms with Crippen LogP contribution in [-0.4, -0.2) is 32.1 Å². The predicted octanol–water partition coefficient (Wildman–Crippen LogP) is 4.03. The molecule has 4 rings (SSSR count). The highest BCUT2D eigenvalue weighted by Crippen LogP contribution is 2.33. The van der Waals surface area contributed by atoms with Crippen LogP contribution in [0.2, 0.25) is 0 Å². The van der Waals surface area contributed by atoms with E-state index in [1.807, 2.05) is 24.0 Å². The maximum absolute atomic E-state index is 12.2. The van der Waals surface area contributed by atoms with Gasteiger partial charge in [-0.05, 0) is 30.5 Å². The third kappa shape index (κ3) is 4.12. The van der Waals surface area contributed by atoms with Crippen molar-refractivity contribution in [1.29, 1.82) is 0 Å². The molecule has 0 saturated carbocycles. The van der Waals surface area contributed by atoms with E-state index in [1.54, 1.807) is 13.1 Å². The summed E-state index contributed by atoms with van der Waals surface area (Å²) in [4.78, 5) is 26.3. The fourth-order valence-corrected chi connectivity index (χ4v) is 4.18. The third-order valence-electron chi connectivity index (χ3n) is 4.59. The summed E-state index contributed by atoms with van der Waals surface area (Å²) in [6.45, 7) is 5.48. The van der Waals surface area contributed by atoms with Crippen molar-refractivity contribution < 1.29 is 9.53 Å². The summed E-state index contributed by atoms with van der Waals surface area (Å²) in [6.07, 6.45) is 7.05. The van der Waals surface area contributed by atoms with E-state index in [0.29, 0.717) is 18.0 Å². The second-order valence-electron chi connectivity index (χ2n) is 6.58. The van der Waals surface area contributed by atoms with Crippen molar-refractivity contribution in [3.05, 3.63) is 70.9 Å². The number of hydrogen-bond donors (Lipinski definition) is 1.